The molecule has 0 aliphatic rings. The second kappa shape index (κ2) is 14.2. The summed E-state index contributed by atoms with van der Waals surface area (Å²) < 4.78 is 16.2. The molecule has 0 unspecified atom stereocenters. The summed E-state index contributed by atoms with van der Waals surface area (Å²) in [6.07, 6.45) is 0.0526. The van der Waals surface area contributed by atoms with Gasteiger partial charge in [-0.25, -0.2) is 0 Å². The van der Waals surface area contributed by atoms with Gasteiger partial charge >= 0.3 is 0 Å². The van der Waals surface area contributed by atoms with Gasteiger partial charge in [0.2, 0.25) is 11.8 Å². The number of hydrogen-bond donors (Lipinski definition) is 1. The van der Waals surface area contributed by atoms with Gasteiger partial charge in [0, 0.05) is 23.7 Å². The minimum atomic E-state index is -0.894. The molecule has 4 rings (SSSR count). The highest BCUT2D eigenvalue weighted by Crippen LogP contribution is 2.30. The van der Waals surface area contributed by atoms with Crippen LogP contribution in [0.5, 0.6) is 17.2 Å². The van der Waals surface area contributed by atoms with E-state index in [-0.39, 0.29) is 31.3 Å². The summed E-state index contributed by atoms with van der Waals surface area (Å²) in [5.41, 5.74) is 3.10. The number of amides is 2. The predicted molar refractivity (Wildman–Crippen MR) is 159 cm³/mol. The molecule has 0 radical (unpaired) electrons. The van der Waals surface area contributed by atoms with Gasteiger partial charge in [-0.2, -0.15) is 0 Å². The number of carbonyl (C=O) groups is 2. The number of rotatable bonds is 12. The van der Waals surface area contributed by atoms with Gasteiger partial charge in [-0.3, -0.25) is 9.59 Å². The molecule has 8 heteroatoms. The molecule has 0 spiro atoms. The van der Waals surface area contributed by atoms with Gasteiger partial charge in [-0.1, -0.05) is 78.3 Å². The highest BCUT2D eigenvalue weighted by Gasteiger charge is 2.31. The zero-order valence-electron chi connectivity index (χ0n) is 23.3. The number of methoxy groups -OCH3 is 3. The van der Waals surface area contributed by atoms with E-state index in [9.17, 15) is 9.59 Å². The van der Waals surface area contributed by atoms with Crippen molar-refractivity contribution in [2.24, 2.45) is 0 Å². The number of para-hydroxylation sites is 1. The molecule has 41 heavy (non-hydrogen) atoms. The average molecular weight is 573 g/mol. The molecule has 4 aromatic carbocycles. The van der Waals surface area contributed by atoms with E-state index in [1.54, 1.807) is 50.5 Å². The Morgan fingerprint density at radius 2 is 1.39 bits per heavy atom. The van der Waals surface area contributed by atoms with Gasteiger partial charge in [0.25, 0.3) is 0 Å². The Bertz CT molecular complexity index is 1460. The number of carbonyl (C=O) groups excluding carboxylic acids is 2. The zero-order chi connectivity index (χ0) is 29.2. The Labute approximate surface area is 245 Å². The lowest BCUT2D eigenvalue weighted by Gasteiger charge is -2.32. The number of hydrogen-bond acceptors (Lipinski definition) is 5. The van der Waals surface area contributed by atoms with Crippen LogP contribution in [0.25, 0.3) is 0 Å². The van der Waals surface area contributed by atoms with Crippen molar-refractivity contribution in [1.29, 1.82) is 0 Å². The summed E-state index contributed by atoms with van der Waals surface area (Å²) in [6, 6.07) is 28.5. The summed E-state index contributed by atoms with van der Waals surface area (Å²) in [4.78, 5) is 29.6. The van der Waals surface area contributed by atoms with Crippen molar-refractivity contribution in [2.75, 3.05) is 21.3 Å². The van der Waals surface area contributed by atoms with Crippen molar-refractivity contribution < 1.29 is 23.8 Å². The minimum absolute atomic E-state index is 0.0526. The van der Waals surface area contributed by atoms with Gasteiger partial charge in [-0.05, 0) is 47.0 Å². The second-order valence-corrected chi connectivity index (χ2v) is 9.79. The fraction of sp³-hybridized carbons (Fsp3) is 0.212. The molecule has 0 fully saturated rings. The standard InChI is InChI=1S/C33H33ClN2O5/c1-39-28-12-8-7-11-26(28)21-35-33(38)32(25-9-5-4-6-10-25)36(22-23-13-16-27(34)17-14-23)31(37)20-24-15-18-29(40-2)30(19-24)41-3/h4-19,32H,20-22H2,1-3H3,(H,35,38)/t32-/m0/s1. The summed E-state index contributed by atoms with van der Waals surface area (Å²) in [5.74, 6) is 1.23. The van der Waals surface area contributed by atoms with Crippen LogP contribution in [0, 0.1) is 0 Å². The topological polar surface area (TPSA) is 77.1 Å². The van der Waals surface area contributed by atoms with Crippen molar-refractivity contribution >= 4 is 23.4 Å². The number of benzene rings is 4. The first-order valence-electron chi connectivity index (χ1n) is 13.1. The van der Waals surface area contributed by atoms with E-state index >= 15 is 0 Å². The molecule has 1 N–H and O–H groups in total. The van der Waals surface area contributed by atoms with Gasteiger partial charge in [0.1, 0.15) is 11.8 Å². The molecular weight excluding hydrogens is 540 g/mol. The monoisotopic (exact) mass is 572 g/mol. The molecule has 0 aliphatic heterocycles. The number of halogens is 1. The Balaban J connectivity index is 1.69. The van der Waals surface area contributed by atoms with Gasteiger partial charge in [-0.15, -0.1) is 0 Å². The molecule has 7 nitrogen and oxygen atoms in total. The third-order valence-electron chi connectivity index (χ3n) is 6.71. The number of nitrogens with zero attached hydrogens (tertiary/aromatic N) is 1. The van der Waals surface area contributed by atoms with E-state index in [1.165, 1.54) is 0 Å². The third kappa shape index (κ3) is 7.58. The smallest absolute Gasteiger partial charge is 0.247 e. The molecule has 1 atom stereocenters. The first kappa shape index (κ1) is 29.5. The molecule has 0 aromatic heterocycles. The Kier molecular flexibility index (Phi) is 10.2. The zero-order valence-corrected chi connectivity index (χ0v) is 24.1. The van der Waals surface area contributed by atoms with Gasteiger partial charge in [0.15, 0.2) is 11.5 Å². The molecule has 2 amide bonds. The van der Waals surface area contributed by atoms with E-state index in [2.05, 4.69) is 5.32 Å². The fourth-order valence-electron chi connectivity index (χ4n) is 4.61. The molecule has 212 valence electrons. The highest BCUT2D eigenvalue weighted by atomic mass is 35.5. The van der Waals surface area contributed by atoms with Crippen molar-refractivity contribution in [3.05, 3.63) is 124 Å². The lowest BCUT2D eigenvalue weighted by Crippen LogP contribution is -2.43. The number of nitrogens with one attached hydrogen (secondary N) is 1. The normalized spacial score (nSPS) is 11.3. The maximum atomic E-state index is 14.1. The molecule has 0 bridgehead atoms. The molecular formula is C33H33ClN2O5. The average Bonchev–Trinajstić information content (AvgIpc) is 3.01. The van der Waals surface area contributed by atoms with Crippen LogP contribution in [0.4, 0.5) is 0 Å². The first-order valence-corrected chi connectivity index (χ1v) is 13.5. The molecule has 0 saturated carbocycles. The lowest BCUT2D eigenvalue weighted by atomic mass is 10.0. The van der Waals surface area contributed by atoms with Crippen LogP contribution in [-0.2, 0) is 29.1 Å². The summed E-state index contributed by atoms with van der Waals surface area (Å²) in [5, 5.41) is 3.62. The maximum absolute atomic E-state index is 14.1. The van der Waals surface area contributed by atoms with E-state index < -0.39 is 6.04 Å². The Morgan fingerprint density at radius 3 is 2.07 bits per heavy atom. The minimum Gasteiger partial charge on any atom is -0.496 e. The van der Waals surface area contributed by atoms with E-state index in [0.717, 1.165) is 16.7 Å². The van der Waals surface area contributed by atoms with Crippen LogP contribution >= 0.6 is 11.6 Å². The third-order valence-corrected chi connectivity index (χ3v) is 6.96. The van der Waals surface area contributed by atoms with Crippen molar-refractivity contribution in [3.63, 3.8) is 0 Å². The largest absolute Gasteiger partial charge is 0.496 e. The van der Waals surface area contributed by atoms with Crippen LogP contribution < -0.4 is 19.5 Å². The van der Waals surface area contributed by atoms with Crippen molar-refractivity contribution in [2.45, 2.75) is 25.6 Å². The lowest BCUT2D eigenvalue weighted by molar-refractivity contribution is -0.141. The van der Waals surface area contributed by atoms with Crippen LogP contribution in [0.2, 0.25) is 5.02 Å². The predicted octanol–water partition coefficient (Wildman–Crippen LogP) is 5.99. The van der Waals surface area contributed by atoms with Gasteiger partial charge < -0.3 is 24.4 Å². The van der Waals surface area contributed by atoms with Crippen LogP contribution in [0.3, 0.4) is 0 Å². The highest BCUT2D eigenvalue weighted by molar-refractivity contribution is 6.30. The van der Waals surface area contributed by atoms with Crippen molar-refractivity contribution in [1.82, 2.24) is 10.2 Å². The second-order valence-electron chi connectivity index (χ2n) is 9.36. The van der Waals surface area contributed by atoms with Gasteiger partial charge in [0.05, 0.1) is 27.8 Å². The maximum Gasteiger partial charge on any atom is 0.247 e. The van der Waals surface area contributed by atoms with Crippen LogP contribution in [0.1, 0.15) is 28.3 Å². The molecule has 0 heterocycles. The summed E-state index contributed by atoms with van der Waals surface area (Å²) >= 11 is 6.13. The van der Waals surface area contributed by atoms with E-state index in [1.807, 2.05) is 72.8 Å². The van der Waals surface area contributed by atoms with Crippen LogP contribution in [-0.4, -0.2) is 38.0 Å². The Morgan fingerprint density at radius 1 is 0.756 bits per heavy atom. The fourth-order valence-corrected chi connectivity index (χ4v) is 4.74. The van der Waals surface area contributed by atoms with Crippen molar-refractivity contribution in [3.8, 4) is 17.2 Å². The van der Waals surface area contributed by atoms with E-state index in [0.29, 0.717) is 27.8 Å². The number of ether oxygens (including phenoxy) is 3. The van der Waals surface area contributed by atoms with Crippen LogP contribution in [0.15, 0.2) is 97.1 Å². The molecule has 4 aromatic rings. The summed E-state index contributed by atoms with van der Waals surface area (Å²) in [7, 11) is 4.70. The Hall–Kier alpha value is -4.49. The summed E-state index contributed by atoms with van der Waals surface area (Å²) in [6.45, 7) is 0.440. The molecule has 0 aliphatic carbocycles. The van der Waals surface area contributed by atoms with E-state index in [4.69, 9.17) is 25.8 Å². The first-order chi connectivity index (χ1) is 19.9. The SMILES string of the molecule is COc1ccccc1CNC(=O)[C@H](c1ccccc1)N(Cc1ccc(Cl)cc1)C(=O)Cc1ccc(OC)c(OC)c1. The quantitative estimate of drug-likeness (QED) is 0.225. The molecule has 0 saturated heterocycles.